The molecule has 2 amide bonds. The van der Waals surface area contributed by atoms with Gasteiger partial charge in [0.15, 0.2) is 0 Å². The zero-order valence-corrected chi connectivity index (χ0v) is 18.6. The van der Waals surface area contributed by atoms with E-state index in [9.17, 15) is 9.59 Å². The standard InChI is InChI=1S/C23H30N4O2S/c1-16(2)15-26-10-12-27(13-11-26)23(29)20-18-7-3-4-8-19(18)30-22(20)25-21(28)17-6-5-9-24-14-17/h5-6,9,14,16H,3-4,7-8,10-13,15H2,1-2H3,(H,25,28). The molecule has 160 valence electrons. The van der Waals surface area contributed by atoms with E-state index >= 15 is 0 Å². The van der Waals surface area contributed by atoms with Crippen molar-refractivity contribution in [1.82, 2.24) is 14.8 Å². The minimum atomic E-state index is -0.211. The molecule has 2 aromatic rings. The summed E-state index contributed by atoms with van der Waals surface area (Å²) in [6.07, 6.45) is 7.36. The second-order valence-corrected chi connectivity index (χ2v) is 9.70. The topological polar surface area (TPSA) is 65.5 Å². The van der Waals surface area contributed by atoms with Crippen LogP contribution >= 0.6 is 11.3 Å². The highest BCUT2D eigenvalue weighted by molar-refractivity contribution is 7.17. The lowest BCUT2D eigenvalue weighted by atomic mass is 9.95. The molecule has 0 bridgehead atoms. The lowest BCUT2D eigenvalue weighted by Crippen LogP contribution is -2.49. The quantitative estimate of drug-likeness (QED) is 0.792. The normalized spacial score (nSPS) is 17.1. The number of pyridine rings is 1. The Labute approximate surface area is 182 Å². The summed E-state index contributed by atoms with van der Waals surface area (Å²) in [5, 5.41) is 3.72. The highest BCUT2D eigenvalue weighted by Crippen LogP contribution is 2.39. The van der Waals surface area contributed by atoms with Gasteiger partial charge in [0.05, 0.1) is 11.1 Å². The minimum Gasteiger partial charge on any atom is -0.336 e. The summed E-state index contributed by atoms with van der Waals surface area (Å²) in [6.45, 7) is 8.83. The first-order chi connectivity index (χ1) is 14.5. The van der Waals surface area contributed by atoms with Crippen molar-refractivity contribution in [2.45, 2.75) is 39.5 Å². The van der Waals surface area contributed by atoms with Crippen LogP contribution in [0.4, 0.5) is 5.00 Å². The van der Waals surface area contributed by atoms with E-state index in [1.165, 1.54) is 4.88 Å². The Hall–Kier alpha value is -2.25. The molecule has 1 aliphatic heterocycles. The van der Waals surface area contributed by atoms with Crippen LogP contribution in [0.5, 0.6) is 0 Å². The van der Waals surface area contributed by atoms with Crippen molar-refractivity contribution in [1.29, 1.82) is 0 Å². The van der Waals surface area contributed by atoms with Gasteiger partial charge < -0.3 is 10.2 Å². The molecule has 0 spiro atoms. The number of nitrogens with zero attached hydrogens (tertiary/aromatic N) is 3. The van der Waals surface area contributed by atoms with Crippen molar-refractivity contribution < 1.29 is 9.59 Å². The molecule has 1 N–H and O–H groups in total. The van der Waals surface area contributed by atoms with Gasteiger partial charge in [0.25, 0.3) is 11.8 Å². The zero-order valence-electron chi connectivity index (χ0n) is 17.8. The van der Waals surface area contributed by atoms with Gasteiger partial charge in [-0.05, 0) is 49.3 Å². The van der Waals surface area contributed by atoms with Crippen LogP contribution in [-0.4, -0.2) is 59.3 Å². The van der Waals surface area contributed by atoms with Gasteiger partial charge in [0.2, 0.25) is 0 Å². The van der Waals surface area contributed by atoms with Crippen molar-refractivity contribution >= 4 is 28.2 Å². The van der Waals surface area contributed by atoms with Crippen molar-refractivity contribution in [2.75, 3.05) is 38.0 Å². The SMILES string of the molecule is CC(C)CN1CCN(C(=O)c2c(NC(=O)c3cccnc3)sc3c2CCCC3)CC1. The largest absolute Gasteiger partial charge is 0.336 e. The molecule has 3 heterocycles. The number of aryl methyl sites for hydroxylation is 1. The maximum atomic E-state index is 13.6. The Balaban J connectivity index is 1.55. The number of hydrogen-bond acceptors (Lipinski definition) is 5. The number of piperazine rings is 1. The number of nitrogens with one attached hydrogen (secondary N) is 1. The number of hydrogen-bond donors (Lipinski definition) is 1. The van der Waals surface area contributed by atoms with E-state index in [-0.39, 0.29) is 11.8 Å². The molecule has 6 nitrogen and oxygen atoms in total. The van der Waals surface area contributed by atoms with Crippen LogP contribution in [0, 0.1) is 5.92 Å². The fourth-order valence-corrected chi connectivity index (χ4v) is 5.64. The van der Waals surface area contributed by atoms with Gasteiger partial charge in [-0.3, -0.25) is 19.5 Å². The minimum absolute atomic E-state index is 0.0695. The van der Waals surface area contributed by atoms with Crippen LogP contribution in [0.15, 0.2) is 24.5 Å². The molecule has 4 rings (SSSR count). The van der Waals surface area contributed by atoms with Gasteiger partial charge >= 0.3 is 0 Å². The third-order valence-electron chi connectivity index (χ3n) is 5.82. The summed E-state index contributed by atoms with van der Waals surface area (Å²) in [4.78, 5) is 36.0. The van der Waals surface area contributed by atoms with Crippen LogP contribution in [0.1, 0.15) is 57.8 Å². The number of rotatable bonds is 5. The molecule has 2 aliphatic rings. The van der Waals surface area contributed by atoms with Crippen LogP contribution < -0.4 is 5.32 Å². The summed E-state index contributed by atoms with van der Waals surface area (Å²) < 4.78 is 0. The second kappa shape index (κ2) is 9.27. The zero-order chi connectivity index (χ0) is 21.1. The number of carbonyl (C=O) groups is 2. The Morgan fingerprint density at radius 3 is 2.63 bits per heavy atom. The maximum absolute atomic E-state index is 13.6. The van der Waals surface area contributed by atoms with Crippen LogP contribution in [0.25, 0.3) is 0 Å². The first-order valence-electron chi connectivity index (χ1n) is 10.9. The number of aromatic nitrogens is 1. The highest BCUT2D eigenvalue weighted by Gasteiger charge is 2.31. The molecule has 30 heavy (non-hydrogen) atoms. The molecular weight excluding hydrogens is 396 g/mol. The van der Waals surface area contributed by atoms with E-state index in [1.54, 1.807) is 35.9 Å². The molecule has 1 fully saturated rings. The van der Waals surface area contributed by atoms with Crippen LogP contribution in [0.2, 0.25) is 0 Å². The number of carbonyl (C=O) groups excluding carboxylic acids is 2. The Kier molecular flexibility index (Phi) is 6.49. The average molecular weight is 427 g/mol. The Bertz CT molecular complexity index is 901. The molecule has 1 saturated heterocycles. The molecule has 0 atom stereocenters. The summed E-state index contributed by atoms with van der Waals surface area (Å²) in [5.41, 5.74) is 2.39. The summed E-state index contributed by atoms with van der Waals surface area (Å²) in [5.74, 6) is 0.489. The van der Waals surface area contributed by atoms with Crippen molar-refractivity contribution in [3.05, 3.63) is 46.1 Å². The van der Waals surface area contributed by atoms with E-state index in [2.05, 4.69) is 29.0 Å². The average Bonchev–Trinajstić information content (AvgIpc) is 3.11. The third kappa shape index (κ3) is 4.57. The molecule has 2 aromatic heterocycles. The van der Waals surface area contributed by atoms with Gasteiger partial charge in [-0.15, -0.1) is 11.3 Å². The lowest BCUT2D eigenvalue weighted by Gasteiger charge is -2.35. The monoisotopic (exact) mass is 426 g/mol. The van der Waals surface area contributed by atoms with Gasteiger partial charge in [-0.25, -0.2) is 0 Å². The molecule has 0 saturated carbocycles. The summed E-state index contributed by atoms with van der Waals surface area (Å²) in [6, 6.07) is 3.49. The second-order valence-electron chi connectivity index (χ2n) is 8.60. The highest BCUT2D eigenvalue weighted by atomic mass is 32.1. The lowest BCUT2D eigenvalue weighted by molar-refractivity contribution is 0.0624. The third-order valence-corrected chi connectivity index (χ3v) is 7.03. The number of fused-ring (bicyclic) bond motifs is 1. The Morgan fingerprint density at radius 1 is 1.17 bits per heavy atom. The predicted molar refractivity (Wildman–Crippen MR) is 120 cm³/mol. The summed E-state index contributed by atoms with van der Waals surface area (Å²) >= 11 is 1.58. The Morgan fingerprint density at radius 2 is 1.93 bits per heavy atom. The van der Waals surface area contributed by atoms with E-state index in [0.717, 1.165) is 69.5 Å². The molecule has 0 unspecified atom stereocenters. The van der Waals surface area contributed by atoms with Gasteiger partial charge in [0.1, 0.15) is 5.00 Å². The van der Waals surface area contributed by atoms with Crippen molar-refractivity contribution in [2.24, 2.45) is 5.92 Å². The molecule has 0 radical (unpaired) electrons. The molecule has 7 heteroatoms. The smallest absolute Gasteiger partial charge is 0.257 e. The van der Waals surface area contributed by atoms with Crippen LogP contribution in [-0.2, 0) is 12.8 Å². The van der Waals surface area contributed by atoms with Crippen molar-refractivity contribution in [3.63, 3.8) is 0 Å². The van der Waals surface area contributed by atoms with E-state index in [1.807, 2.05) is 4.90 Å². The number of anilines is 1. The van der Waals surface area contributed by atoms with Gasteiger partial charge in [0, 0.05) is 50.0 Å². The predicted octanol–water partition coefficient (Wildman–Crippen LogP) is 3.69. The number of amides is 2. The first kappa shape index (κ1) is 21.0. The summed E-state index contributed by atoms with van der Waals surface area (Å²) in [7, 11) is 0. The van der Waals surface area contributed by atoms with E-state index < -0.39 is 0 Å². The van der Waals surface area contributed by atoms with Crippen LogP contribution in [0.3, 0.4) is 0 Å². The van der Waals surface area contributed by atoms with Gasteiger partial charge in [-0.1, -0.05) is 13.8 Å². The van der Waals surface area contributed by atoms with E-state index in [0.29, 0.717) is 16.5 Å². The number of thiophene rings is 1. The maximum Gasteiger partial charge on any atom is 0.257 e. The van der Waals surface area contributed by atoms with Crippen molar-refractivity contribution in [3.8, 4) is 0 Å². The van der Waals surface area contributed by atoms with Gasteiger partial charge in [-0.2, -0.15) is 0 Å². The molecular formula is C23H30N4O2S. The first-order valence-corrected chi connectivity index (χ1v) is 11.7. The van der Waals surface area contributed by atoms with E-state index in [4.69, 9.17) is 0 Å². The fraction of sp³-hybridized carbons (Fsp3) is 0.522. The fourth-order valence-electron chi connectivity index (χ4n) is 4.36. The molecule has 1 aliphatic carbocycles. The molecule has 0 aromatic carbocycles.